The highest BCUT2D eigenvalue weighted by Crippen LogP contribution is 2.50. The van der Waals surface area contributed by atoms with Crippen LogP contribution in [0.25, 0.3) is 0 Å². The minimum absolute atomic E-state index is 0. The first kappa shape index (κ1) is 27.6. The molecule has 13 heteroatoms. The van der Waals surface area contributed by atoms with E-state index >= 15 is 0 Å². The molecule has 178 valence electrons. The number of hydrogen-bond donors (Lipinski definition) is 2. The number of hydrogen-bond acceptors (Lipinski definition) is 9. The van der Waals surface area contributed by atoms with Gasteiger partial charge in [-0.15, -0.1) is 47.4 Å². The molecule has 1 aliphatic heterocycles. The van der Waals surface area contributed by atoms with Gasteiger partial charge in [0.2, 0.25) is 5.95 Å². The van der Waals surface area contributed by atoms with E-state index in [4.69, 9.17) is 23.1 Å². The summed E-state index contributed by atoms with van der Waals surface area (Å²) >= 11 is 7.56. The van der Waals surface area contributed by atoms with Crippen LogP contribution in [0.3, 0.4) is 0 Å². The van der Waals surface area contributed by atoms with Gasteiger partial charge in [-0.2, -0.15) is 0 Å². The highest BCUT2D eigenvalue weighted by atomic mass is 35.5. The van der Waals surface area contributed by atoms with Gasteiger partial charge in [0.25, 0.3) is 0 Å². The number of nitrogen functional groups attached to an aromatic ring is 1. The predicted octanol–water partition coefficient (Wildman–Crippen LogP) is 4.16. The van der Waals surface area contributed by atoms with Gasteiger partial charge in [0.15, 0.2) is 0 Å². The maximum atomic E-state index is 6.63. The van der Waals surface area contributed by atoms with Crippen LogP contribution in [0.5, 0.6) is 0 Å². The maximum absolute atomic E-state index is 6.63. The molecule has 5 rings (SSSR count). The topological polar surface area (TPSA) is 120 Å². The average Bonchev–Trinajstić information content (AvgIpc) is 3.04. The van der Waals surface area contributed by atoms with Gasteiger partial charge < -0.3 is 16.4 Å². The number of nitrogens with two attached hydrogens (primary N) is 2. The molecule has 0 amide bonds. The van der Waals surface area contributed by atoms with Crippen LogP contribution in [-0.4, -0.2) is 38.2 Å². The molecule has 3 aromatic heterocycles. The molecule has 2 aliphatic rings. The SMILES string of the molecule is Cl.Cl.Cl.Nc1nccc(Sc2cnc(N3CCC4(CC3)Cc3ncccc3[C@@H]4N)nn2)c1Cl. The number of nitrogens with zero attached hydrogens (tertiary/aromatic N) is 6. The van der Waals surface area contributed by atoms with Crippen LogP contribution in [0.1, 0.15) is 30.1 Å². The smallest absolute Gasteiger partial charge is 0.245 e. The molecule has 0 radical (unpaired) electrons. The largest absolute Gasteiger partial charge is 0.382 e. The minimum atomic E-state index is 0. The number of halogens is 4. The Kier molecular flexibility index (Phi) is 9.38. The van der Waals surface area contributed by atoms with Gasteiger partial charge in [-0.05, 0) is 42.4 Å². The third-order valence-corrected chi connectivity index (χ3v) is 7.57. The Morgan fingerprint density at radius 2 is 1.79 bits per heavy atom. The van der Waals surface area contributed by atoms with Crippen molar-refractivity contribution < 1.29 is 0 Å². The zero-order chi connectivity index (χ0) is 20.7. The molecule has 4 N–H and O–H groups in total. The van der Waals surface area contributed by atoms with Gasteiger partial charge in [-0.1, -0.05) is 29.4 Å². The lowest BCUT2D eigenvalue weighted by atomic mass is 9.73. The molecule has 0 aromatic carbocycles. The van der Waals surface area contributed by atoms with Gasteiger partial charge >= 0.3 is 0 Å². The summed E-state index contributed by atoms with van der Waals surface area (Å²) in [6.45, 7) is 1.70. The highest BCUT2D eigenvalue weighted by molar-refractivity contribution is 7.99. The van der Waals surface area contributed by atoms with E-state index in [9.17, 15) is 0 Å². The van der Waals surface area contributed by atoms with Crippen LogP contribution in [0, 0.1) is 5.41 Å². The number of pyridine rings is 2. The molecule has 0 unspecified atom stereocenters. The van der Waals surface area contributed by atoms with E-state index in [2.05, 4.69) is 36.1 Å². The second kappa shape index (κ2) is 11.2. The van der Waals surface area contributed by atoms with Crippen molar-refractivity contribution in [3.8, 4) is 0 Å². The number of anilines is 2. The zero-order valence-electron chi connectivity index (χ0n) is 17.4. The molecular weight excluding hydrogens is 526 g/mol. The van der Waals surface area contributed by atoms with Crippen molar-refractivity contribution in [2.24, 2.45) is 11.1 Å². The Labute approximate surface area is 219 Å². The lowest BCUT2D eigenvalue weighted by Crippen LogP contribution is -2.45. The lowest BCUT2D eigenvalue weighted by molar-refractivity contribution is 0.186. The summed E-state index contributed by atoms with van der Waals surface area (Å²) in [7, 11) is 0. The van der Waals surface area contributed by atoms with Crippen LogP contribution < -0.4 is 16.4 Å². The van der Waals surface area contributed by atoms with Crippen molar-refractivity contribution >= 4 is 72.4 Å². The first-order chi connectivity index (χ1) is 14.6. The molecule has 1 atom stereocenters. The minimum Gasteiger partial charge on any atom is -0.382 e. The van der Waals surface area contributed by atoms with Crippen molar-refractivity contribution in [3.05, 3.63) is 53.1 Å². The summed E-state index contributed by atoms with van der Waals surface area (Å²) in [5.41, 5.74) is 14.8. The Bertz CT molecular complexity index is 1080. The van der Waals surface area contributed by atoms with Crippen LogP contribution in [0.4, 0.5) is 11.8 Å². The predicted molar refractivity (Wildman–Crippen MR) is 138 cm³/mol. The summed E-state index contributed by atoms with van der Waals surface area (Å²) in [6, 6.07) is 5.92. The second-order valence-electron chi connectivity index (χ2n) is 7.75. The maximum Gasteiger partial charge on any atom is 0.245 e. The van der Waals surface area contributed by atoms with Gasteiger partial charge in [0.05, 0.1) is 11.2 Å². The summed E-state index contributed by atoms with van der Waals surface area (Å²) in [5, 5.41) is 9.71. The standard InChI is InChI=1S/C20H21ClN8S.3ClH/c21-16-14(3-7-25-18(16)23)30-15-11-26-19(28-27-15)29-8-4-20(5-9-29)10-13-12(17(20)22)2-1-6-24-13;;;/h1-3,6-7,11,17H,4-5,8-10,22H2,(H2,23,25);3*1H/t17-;;;/m0.../s1. The normalized spacial score (nSPS) is 18.0. The molecule has 0 saturated carbocycles. The number of piperidine rings is 1. The summed E-state index contributed by atoms with van der Waals surface area (Å²) in [5.74, 6) is 0.931. The average molecular weight is 550 g/mol. The fourth-order valence-corrected chi connectivity index (χ4v) is 5.34. The van der Waals surface area contributed by atoms with Crippen molar-refractivity contribution in [1.29, 1.82) is 0 Å². The first-order valence-electron chi connectivity index (χ1n) is 9.78. The van der Waals surface area contributed by atoms with Crippen LogP contribution in [-0.2, 0) is 6.42 Å². The molecule has 3 aromatic rings. The number of fused-ring (bicyclic) bond motifs is 1. The van der Waals surface area contributed by atoms with Crippen molar-refractivity contribution in [3.63, 3.8) is 0 Å². The van der Waals surface area contributed by atoms with E-state index in [-0.39, 0.29) is 48.7 Å². The van der Waals surface area contributed by atoms with E-state index in [1.807, 2.05) is 12.3 Å². The molecule has 1 aliphatic carbocycles. The summed E-state index contributed by atoms with van der Waals surface area (Å²) < 4.78 is 0. The van der Waals surface area contributed by atoms with Crippen molar-refractivity contribution in [2.45, 2.75) is 35.2 Å². The van der Waals surface area contributed by atoms with Gasteiger partial charge in [0.1, 0.15) is 10.8 Å². The van der Waals surface area contributed by atoms with Crippen LogP contribution in [0.2, 0.25) is 5.02 Å². The molecule has 0 bridgehead atoms. The molecule has 1 saturated heterocycles. The fraction of sp³-hybridized carbons (Fsp3) is 0.350. The zero-order valence-corrected chi connectivity index (χ0v) is 21.4. The van der Waals surface area contributed by atoms with Gasteiger partial charge in [-0.3, -0.25) is 4.98 Å². The third-order valence-electron chi connectivity index (χ3n) is 6.11. The quantitative estimate of drug-likeness (QED) is 0.496. The molecule has 8 nitrogen and oxygen atoms in total. The van der Waals surface area contributed by atoms with Crippen molar-refractivity contribution in [2.75, 3.05) is 23.7 Å². The molecule has 33 heavy (non-hydrogen) atoms. The van der Waals surface area contributed by atoms with Crippen LogP contribution >= 0.6 is 60.6 Å². The fourth-order valence-electron chi connectivity index (χ4n) is 4.38. The van der Waals surface area contributed by atoms with E-state index in [1.165, 1.54) is 17.3 Å². The molecule has 1 spiro atoms. The highest BCUT2D eigenvalue weighted by Gasteiger charge is 2.46. The first-order valence-corrected chi connectivity index (χ1v) is 11.0. The second-order valence-corrected chi connectivity index (χ2v) is 9.19. The van der Waals surface area contributed by atoms with Gasteiger partial charge in [-0.25, -0.2) is 9.97 Å². The molecular formula is C20H24Cl4N8S. The molecule has 4 heterocycles. The lowest BCUT2D eigenvalue weighted by Gasteiger charge is -2.41. The van der Waals surface area contributed by atoms with E-state index in [1.54, 1.807) is 18.5 Å². The monoisotopic (exact) mass is 548 g/mol. The summed E-state index contributed by atoms with van der Waals surface area (Å²) in [4.78, 5) is 16.0. The number of aromatic nitrogens is 5. The Hall–Kier alpha value is -1.62. The van der Waals surface area contributed by atoms with E-state index < -0.39 is 0 Å². The van der Waals surface area contributed by atoms with Crippen molar-refractivity contribution in [1.82, 2.24) is 25.1 Å². The van der Waals surface area contributed by atoms with E-state index in [0.717, 1.165) is 42.9 Å². The summed E-state index contributed by atoms with van der Waals surface area (Å²) in [6.07, 6.45) is 8.09. The third kappa shape index (κ3) is 5.23. The van der Waals surface area contributed by atoms with Crippen LogP contribution in [0.15, 0.2) is 46.7 Å². The Morgan fingerprint density at radius 1 is 1.03 bits per heavy atom. The van der Waals surface area contributed by atoms with Gasteiger partial charge in [0, 0.05) is 42.1 Å². The Morgan fingerprint density at radius 3 is 2.45 bits per heavy atom. The van der Waals surface area contributed by atoms with E-state index in [0.29, 0.717) is 21.8 Å². The number of rotatable bonds is 3. The molecule has 1 fully saturated rings. The Balaban J connectivity index is 0.00000128.